The standard InChI is InChI=1S/C40H41ClN8O5/c41-35-20-32(7-3-27(35)21-42)54-33-18-29(19-33)44-38(51)26-1-4-30(5-2-26)48-12-11-25(24-48)23-46-13-15-47(16-14-46)31-6-8-34-28(17-31)22-43-49(40(34)53)36-9-10-37(50)45-39(36)52/h1-8,17,20,22,25,29,33,36H,9-16,18-19,23-24H2,(H,44,51)(H,45,50,52). The number of piperazine rings is 1. The number of carbonyl (C=O) groups excluding carboxylic acids is 3. The van der Waals surface area contributed by atoms with Crippen LogP contribution in [0.1, 0.15) is 54.1 Å². The molecule has 4 aromatic rings. The van der Waals surface area contributed by atoms with Gasteiger partial charge in [0.15, 0.2) is 0 Å². The zero-order valence-corrected chi connectivity index (χ0v) is 30.5. The van der Waals surface area contributed by atoms with Gasteiger partial charge in [-0.15, -0.1) is 0 Å². The van der Waals surface area contributed by atoms with E-state index in [1.807, 2.05) is 48.5 Å². The van der Waals surface area contributed by atoms with Crippen molar-refractivity contribution in [1.82, 2.24) is 25.3 Å². The van der Waals surface area contributed by atoms with Crippen LogP contribution in [0, 0.1) is 17.2 Å². The van der Waals surface area contributed by atoms with Crippen LogP contribution in [0.2, 0.25) is 5.02 Å². The molecule has 1 saturated carbocycles. The molecule has 14 heteroatoms. The molecular formula is C40H41ClN8O5. The maximum Gasteiger partial charge on any atom is 0.275 e. The van der Waals surface area contributed by atoms with E-state index in [1.54, 1.807) is 24.4 Å². The zero-order valence-electron chi connectivity index (χ0n) is 29.7. The summed E-state index contributed by atoms with van der Waals surface area (Å²) >= 11 is 6.11. The number of hydrogen-bond acceptors (Lipinski definition) is 10. The number of halogens is 1. The van der Waals surface area contributed by atoms with Crippen molar-refractivity contribution in [3.8, 4) is 11.8 Å². The van der Waals surface area contributed by atoms with Crippen molar-refractivity contribution in [1.29, 1.82) is 5.26 Å². The largest absolute Gasteiger partial charge is 0.490 e. The molecule has 4 fully saturated rings. The van der Waals surface area contributed by atoms with Crippen molar-refractivity contribution in [3.05, 3.63) is 93.4 Å². The van der Waals surface area contributed by atoms with E-state index in [1.165, 1.54) is 4.68 Å². The smallest absolute Gasteiger partial charge is 0.275 e. The average Bonchev–Trinajstić information content (AvgIpc) is 3.63. The van der Waals surface area contributed by atoms with E-state index in [4.69, 9.17) is 21.6 Å². The number of nitriles is 1. The van der Waals surface area contributed by atoms with Gasteiger partial charge in [-0.2, -0.15) is 10.4 Å². The monoisotopic (exact) mass is 748 g/mol. The van der Waals surface area contributed by atoms with Crippen LogP contribution in [0.5, 0.6) is 5.75 Å². The Balaban J connectivity index is 0.777. The number of nitrogens with zero attached hydrogens (tertiary/aromatic N) is 6. The number of rotatable bonds is 9. The summed E-state index contributed by atoms with van der Waals surface area (Å²) in [6, 6.07) is 20.0. The van der Waals surface area contributed by atoms with Gasteiger partial charge in [0, 0.05) is 99.5 Å². The van der Waals surface area contributed by atoms with Gasteiger partial charge >= 0.3 is 0 Å². The SMILES string of the molecule is N#Cc1ccc(OC2CC(NC(=O)c3ccc(N4CCC(CN5CCN(c6ccc7c(=O)n(C8CCC(=O)NC8=O)ncc7c6)CC5)C4)cc3)C2)cc1Cl. The third kappa shape index (κ3) is 7.49. The first-order valence-electron chi connectivity index (χ1n) is 18.6. The normalized spacial score (nSPS) is 23.1. The highest BCUT2D eigenvalue weighted by molar-refractivity contribution is 6.31. The number of anilines is 2. The van der Waals surface area contributed by atoms with E-state index < -0.39 is 11.9 Å². The summed E-state index contributed by atoms with van der Waals surface area (Å²) < 4.78 is 7.15. The summed E-state index contributed by atoms with van der Waals surface area (Å²) in [4.78, 5) is 57.3. The van der Waals surface area contributed by atoms with E-state index in [0.717, 1.165) is 69.0 Å². The Morgan fingerprint density at radius 3 is 2.46 bits per heavy atom. The molecule has 3 saturated heterocycles. The third-order valence-electron chi connectivity index (χ3n) is 11.1. The van der Waals surface area contributed by atoms with Gasteiger partial charge in [-0.3, -0.25) is 29.4 Å². The number of piperidine rings is 1. The molecule has 13 nitrogen and oxygen atoms in total. The molecule has 4 aliphatic rings. The van der Waals surface area contributed by atoms with Crippen LogP contribution in [0.4, 0.5) is 11.4 Å². The second-order valence-corrected chi connectivity index (χ2v) is 15.1. The predicted octanol–water partition coefficient (Wildman–Crippen LogP) is 3.89. The molecule has 0 spiro atoms. The predicted molar refractivity (Wildman–Crippen MR) is 204 cm³/mol. The fourth-order valence-electron chi connectivity index (χ4n) is 7.98. The molecule has 278 valence electrons. The molecular weight excluding hydrogens is 708 g/mol. The molecule has 1 aliphatic carbocycles. The number of ether oxygens (including phenoxy) is 1. The number of nitrogens with one attached hydrogen (secondary N) is 2. The summed E-state index contributed by atoms with van der Waals surface area (Å²) in [7, 11) is 0. The fraction of sp³-hybridized carbons (Fsp3) is 0.400. The average molecular weight is 749 g/mol. The maximum absolute atomic E-state index is 13.2. The van der Waals surface area contributed by atoms with Gasteiger partial charge in [-0.25, -0.2) is 4.68 Å². The van der Waals surface area contributed by atoms with Crippen LogP contribution in [-0.4, -0.2) is 90.4 Å². The molecule has 1 aromatic heterocycles. The minimum absolute atomic E-state index is 0.00475. The van der Waals surface area contributed by atoms with Gasteiger partial charge in [0.25, 0.3) is 17.4 Å². The Bertz CT molecular complexity index is 2190. The van der Waals surface area contributed by atoms with Crippen LogP contribution in [0.25, 0.3) is 10.8 Å². The lowest BCUT2D eigenvalue weighted by molar-refractivity contribution is -0.136. The lowest BCUT2D eigenvalue weighted by atomic mass is 9.89. The van der Waals surface area contributed by atoms with Crippen LogP contribution in [0.3, 0.4) is 0 Å². The molecule has 0 bridgehead atoms. The summed E-state index contributed by atoms with van der Waals surface area (Å²) in [5.74, 6) is 0.284. The van der Waals surface area contributed by atoms with Gasteiger partial charge in [0.1, 0.15) is 24.0 Å². The first-order valence-corrected chi connectivity index (χ1v) is 18.9. The third-order valence-corrected chi connectivity index (χ3v) is 11.4. The number of benzene rings is 3. The van der Waals surface area contributed by atoms with Gasteiger partial charge in [-0.1, -0.05) is 11.6 Å². The molecule has 2 atom stereocenters. The van der Waals surface area contributed by atoms with E-state index >= 15 is 0 Å². The number of amides is 3. The quantitative estimate of drug-likeness (QED) is 0.241. The summed E-state index contributed by atoms with van der Waals surface area (Å²) in [6.07, 6.45) is 4.62. The van der Waals surface area contributed by atoms with Crippen molar-refractivity contribution in [2.24, 2.45) is 5.92 Å². The molecule has 2 N–H and O–H groups in total. The molecule has 0 radical (unpaired) electrons. The summed E-state index contributed by atoms with van der Waals surface area (Å²) in [5.41, 5.74) is 2.90. The molecule has 4 heterocycles. The molecule has 8 rings (SSSR count). The number of hydrogen-bond donors (Lipinski definition) is 2. The zero-order chi connectivity index (χ0) is 37.3. The molecule has 3 amide bonds. The molecule has 3 aromatic carbocycles. The van der Waals surface area contributed by atoms with E-state index in [0.29, 0.717) is 46.0 Å². The maximum atomic E-state index is 13.2. The van der Waals surface area contributed by atoms with E-state index in [-0.39, 0.29) is 42.4 Å². The highest BCUT2D eigenvalue weighted by Crippen LogP contribution is 2.30. The Kier molecular flexibility index (Phi) is 9.96. The summed E-state index contributed by atoms with van der Waals surface area (Å²) in [6.45, 7) is 6.67. The van der Waals surface area contributed by atoms with Gasteiger partial charge in [-0.05, 0) is 73.4 Å². The number of carbonyl (C=O) groups is 3. The van der Waals surface area contributed by atoms with Gasteiger partial charge in [0.05, 0.1) is 22.2 Å². The van der Waals surface area contributed by atoms with Crippen LogP contribution in [-0.2, 0) is 9.59 Å². The molecule has 54 heavy (non-hydrogen) atoms. The first-order chi connectivity index (χ1) is 26.2. The second-order valence-electron chi connectivity index (χ2n) is 14.7. The van der Waals surface area contributed by atoms with Gasteiger partial charge < -0.3 is 19.9 Å². The van der Waals surface area contributed by atoms with Gasteiger partial charge in [0.2, 0.25) is 5.91 Å². The Morgan fingerprint density at radius 1 is 0.944 bits per heavy atom. The lowest BCUT2D eigenvalue weighted by Gasteiger charge is -2.37. The van der Waals surface area contributed by atoms with Crippen LogP contribution < -0.4 is 30.7 Å². The van der Waals surface area contributed by atoms with Crippen LogP contribution in [0.15, 0.2) is 71.7 Å². The topological polar surface area (TPSA) is 153 Å². The fourth-order valence-corrected chi connectivity index (χ4v) is 8.19. The van der Waals surface area contributed by atoms with Crippen molar-refractivity contribution in [3.63, 3.8) is 0 Å². The Morgan fingerprint density at radius 2 is 1.72 bits per heavy atom. The minimum atomic E-state index is -0.781. The number of fused-ring (bicyclic) bond motifs is 1. The van der Waals surface area contributed by atoms with E-state index in [2.05, 4.69) is 30.4 Å². The second kappa shape index (κ2) is 15.1. The number of aromatic nitrogens is 2. The van der Waals surface area contributed by atoms with Crippen molar-refractivity contribution < 1.29 is 19.1 Å². The Labute approximate surface area is 317 Å². The van der Waals surface area contributed by atoms with Crippen molar-refractivity contribution in [2.75, 3.05) is 55.6 Å². The molecule has 2 unspecified atom stereocenters. The minimum Gasteiger partial charge on any atom is -0.490 e. The highest BCUT2D eigenvalue weighted by atomic mass is 35.5. The number of imide groups is 1. The van der Waals surface area contributed by atoms with E-state index in [9.17, 15) is 19.2 Å². The lowest BCUT2D eigenvalue weighted by Crippen LogP contribution is -2.49. The van der Waals surface area contributed by atoms with Crippen molar-refractivity contribution >= 4 is 51.5 Å². The van der Waals surface area contributed by atoms with Crippen LogP contribution >= 0.6 is 11.6 Å². The van der Waals surface area contributed by atoms with Crippen molar-refractivity contribution in [2.45, 2.75) is 50.3 Å². The summed E-state index contributed by atoms with van der Waals surface area (Å²) in [5, 5.41) is 20.4. The molecule has 3 aliphatic heterocycles. The first kappa shape index (κ1) is 35.6. The highest BCUT2D eigenvalue weighted by Gasteiger charge is 2.33. The Hall–Kier alpha value is -5.45.